The number of primary sulfonamides is 1. The quantitative estimate of drug-likeness (QED) is 0.410. The highest BCUT2D eigenvalue weighted by atomic mass is 32.2. The average Bonchev–Trinajstić information content (AvgIpc) is 3.22. The van der Waals surface area contributed by atoms with E-state index in [9.17, 15) is 21.6 Å². The van der Waals surface area contributed by atoms with E-state index in [0.29, 0.717) is 5.58 Å². The van der Waals surface area contributed by atoms with E-state index in [1.807, 2.05) is 0 Å². The second-order valence-corrected chi connectivity index (χ2v) is 10.3. The molecule has 0 radical (unpaired) electrons. The summed E-state index contributed by atoms with van der Waals surface area (Å²) < 4.78 is 76.7. The first kappa shape index (κ1) is 23.4. The van der Waals surface area contributed by atoms with Gasteiger partial charge in [0.05, 0.1) is 18.2 Å². The number of hydrogen-bond acceptors (Lipinski definition) is 7. The minimum atomic E-state index is -4.72. The smallest absolute Gasteiger partial charge is 0.268 e. The Hall–Kier alpha value is -3.74. The fourth-order valence-electron chi connectivity index (χ4n) is 3.38. The van der Waals surface area contributed by atoms with Gasteiger partial charge in [0.2, 0.25) is 10.0 Å². The maximum atomic E-state index is 15.2. The van der Waals surface area contributed by atoms with Gasteiger partial charge in [0.15, 0.2) is 11.6 Å². The molecule has 0 aliphatic rings. The molecule has 0 spiro atoms. The van der Waals surface area contributed by atoms with Crippen LogP contribution in [0.4, 0.5) is 4.39 Å². The highest BCUT2D eigenvalue weighted by molar-refractivity contribution is 7.92. The highest BCUT2D eigenvalue weighted by Gasteiger charge is 2.28. The molecule has 34 heavy (non-hydrogen) atoms. The standard InChI is InChI=1S/C22H17FN2O7S2/c1-31-21-14(17-12-13-6-2-3-7-16(13)32-17)10-11-15(20(21)23)22(26)25-34(29,30)19-9-5-4-8-18(19)33(24,27)28/h2-12H,1H3,(H,25,26)(H2,24,27,28). The molecule has 0 fully saturated rings. The molecule has 12 heteroatoms. The summed E-state index contributed by atoms with van der Waals surface area (Å²) in [5, 5.41) is 5.83. The van der Waals surface area contributed by atoms with Crippen molar-refractivity contribution in [2.45, 2.75) is 9.79 Å². The van der Waals surface area contributed by atoms with Crippen molar-refractivity contribution in [3.05, 3.63) is 78.1 Å². The van der Waals surface area contributed by atoms with Gasteiger partial charge in [0.25, 0.3) is 15.9 Å². The predicted molar refractivity (Wildman–Crippen MR) is 121 cm³/mol. The lowest BCUT2D eigenvalue weighted by molar-refractivity contribution is 0.0976. The number of hydrogen-bond donors (Lipinski definition) is 2. The number of methoxy groups -OCH3 is 1. The zero-order valence-corrected chi connectivity index (χ0v) is 19.1. The van der Waals surface area contributed by atoms with Gasteiger partial charge in [-0.15, -0.1) is 0 Å². The predicted octanol–water partition coefficient (Wildman–Crippen LogP) is 3.01. The molecule has 1 aromatic heterocycles. The summed E-state index contributed by atoms with van der Waals surface area (Å²) in [4.78, 5) is 11.2. The van der Waals surface area contributed by atoms with Gasteiger partial charge in [0, 0.05) is 5.39 Å². The van der Waals surface area contributed by atoms with Gasteiger partial charge in [-0.3, -0.25) is 4.79 Å². The number of nitrogens with two attached hydrogens (primary N) is 1. The monoisotopic (exact) mass is 504 g/mol. The Labute approximate surface area is 194 Å². The van der Waals surface area contributed by atoms with E-state index in [0.717, 1.165) is 23.6 Å². The molecule has 0 saturated carbocycles. The van der Waals surface area contributed by atoms with Gasteiger partial charge in [0.1, 0.15) is 21.1 Å². The van der Waals surface area contributed by atoms with Gasteiger partial charge in [-0.05, 0) is 36.4 Å². The van der Waals surface area contributed by atoms with Crippen LogP contribution in [0.15, 0.2) is 80.9 Å². The summed E-state index contributed by atoms with van der Waals surface area (Å²) in [5.74, 6) is -2.53. The number of fused-ring (bicyclic) bond motifs is 1. The molecule has 3 aromatic carbocycles. The molecular weight excluding hydrogens is 487 g/mol. The van der Waals surface area contributed by atoms with Crippen molar-refractivity contribution in [2.75, 3.05) is 7.11 Å². The number of sulfonamides is 2. The summed E-state index contributed by atoms with van der Waals surface area (Å²) in [6, 6.07) is 15.6. The van der Waals surface area contributed by atoms with Gasteiger partial charge >= 0.3 is 0 Å². The van der Waals surface area contributed by atoms with Crippen molar-refractivity contribution in [1.29, 1.82) is 0 Å². The summed E-state index contributed by atoms with van der Waals surface area (Å²) >= 11 is 0. The van der Waals surface area contributed by atoms with Crippen molar-refractivity contribution in [1.82, 2.24) is 4.72 Å². The molecule has 0 aliphatic heterocycles. The number of rotatable bonds is 6. The number of para-hydroxylation sites is 1. The summed E-state index contributed by atoms with van der Waals surface area (Å²) in [6.45, 7) is 0. The molecule has 4 rings (SSSR count). The molecule has 0 unspecified atom stereocenters. The molecule has 1 amide bonds. The van der Waals surface area contributed by atoms with Crippen molar-refractivity contribution in [3.63, 3.8) is 0 Å². The van der Waals surface area contributed by atoms with Crippen molar-refractivity contribution >= 4 is 36.9 Å². The Morgan fingerprint density at radius 1 is 0.971 bits per heavy atom. The first-order valence-corrected chi connectivity index (χ1v) is 12.6. The molecule has 176 valence electrons. The minimum Gasteiger partial charge on any atom is -0.493 e. The van der Waals surface area contributed by atoms with Crippen LogP contribution < -0.4 is 14.6 Å². The zero-order valence-electron chi connectivity index (χ0n) is 17.5. The topological polar surface area (TPSA) is 146 Å². The van der Waals surface area contributed by atoms with Gasteiger partial charge in [-0.25, -0.2) is 31.1 Å². The van der Waals surface area contributed by atoms with Crippen LogP contribution in [0.5, 0.6) is 5.75 Å². The molecule has 0 bridgehead atoms. The Balaban J connectivity index is 1.72. The van der Waals surface area contributed by atoms with Crippen LogP contribution in [0.1, 0.15) is 10.4 Å². The maximum Gasteiger partial charge on any atom is 0.268 e. The van der Waals surface area contributed by atoms with E-state index in [-0.39, 0.29) is 17.1 Å². The fourth-order valence-corrected chi connectivity index (χ4v) is 5.73. The number of nitrogens with one attached hydrogen (secondary N) is 1. The number of benzene rings is 3. The summed E-state index contributed by atoms with van der Waals surface area (Å²) in [7, 11) is -7.95. The number of carbonyl (C=O) groups is 1. The third-order valence-corrected chi connectivity index (χ3v) is 7.40. The van der Waals surface area contributed by atoms with Crippen LogP contribution in [-0.2, 0) is 20.0 Å². The van der Waals surface area contributed by atoms with Crippen LogP contribution in [-0.4, -0.2) is 29.9 Å². The van der Waals surface area contributed by atoms with E-state index < -0.39 is 47.1 Å². The molecule has 4 aromatic rings. The molecule has 0 saturated heterocycles. The Bertz CT molecular complexity index is 1610. The van der Waals surface area contributed by atoms with Gasteiger partial charge in [-0.1, -0.05) is 30.3 Å². The molecule has 9 nitrogen and oxygen atoms in total. The largest absolute Gasteiger partial charge is 0.493 e. The zero-order chi connectivity index (χ0) is 24.7. The van der Waals surface area contributed by atoms with Crippen LogP contribution in [0.2, 0.25) is 0 Å². The number of halogens is 1. The minimum absolute atomic E-state index is 0.204. The van der Waals surface area contributed by atoms with Gasteiger partial charge < -0.3 is 9.15 Å². The second-order valence-electron chi connectivity index (χ2n) is 7.08. The van der Waals surface area contributed by atoms with Crippen LogP contribution in [0.25, 0.3) is 22.3 Å². The lowest BCUT2D eigenvalue weighted by Crippen LogP contribution is -2.32. The molecule has 1 heterocycles. The number of carbonyl (C=O) groups excluding carboxylic acids is 1. The SMILES string of the molecule is COc1c(-c2cc3ccccc3o2)ccc(C(=O)NS(=O)(=O)c2ccccc2S(N)(=O)=O)c1F. The first-order valence-electron chi connectivity index (χ1n) is 9.57. The lowest BCUT2D eigenvalue weighted by atomic mass is 10.1. The number of ether oxygens (including phenoxy) is 1. The lowest BCUT2D eigenvalue weighted by Gasteiger charge is -2.13. The third kappa shape index (κ3) is 4.25. The molecule has 0 aliphatic carbocycles. The molecular formula is C22H17FN2O7S2. The normalized spacial score (nSPS) is 12.0. The summed E-state index contributed by atoms with van der Waals surface area (Å²) in [5.41, 5.74) is 0.116. The van der Waals surface area contributed by atoms with Crippen molar-refractivity contribution in [3.8, 4) is 17.1 Å². The van der Waals surface area contributed by atoms with Crippen LogP contribution in [0, 0.1) is 5.82 Å². The Morgan fingerprint density at radius 2 is 1.62 bits per heavy atom. The highest BCUT2D eigenvalue weighted by Crippen LogP contribution is 2.37. The van der Waals surface area contributed by atoms with E-state index in [1.54, 1.807) is 35.1 Å². The van der Waals surface area contributed by atoms with Gasteiger partial charge in [-0.2, -0.15) is 0 Å². The second kappa shape index (κ2) is 8.56. The van der Waals surface area contributed by atoms with Crippen LogP contribution >= 0.6 is 0 Å². The Kier molecular flexibility index (Phi) is 5.89. The van der Waals surface area contributed by atoms with Crippen molar-refractivity contribution < 1.29 is 35.2 Å². The summed E-state index contributed by atoms with van der Waals surface area (Å²) in [6.07, 6.45) is 0. The maximum absolute atomic E-state index is 15.2. The van der Waals surface area contributed by atoms with E-state index >= 15 is 4.39 Å². The number of furan rings is 1. The third-order valence-electron chi connectivity index (χ3n) is 4.91. The Morgan fingerprint density at radius 3 is 2.26 bits per heavy atom. The van der Waals surface area contributed by atoms with E-state index in [2.05, 4.69) is 0 Å². The number of amides is 1. The average molecular weight is 505 g/mol. The fraction of sp³-hybridized carbons (Fsp3) is 0.0455. The first-order chi connectivity index (χ1) is 16.0. The van der Waals surface area contributed by atoms with E-state index in [4.69, 9.17) is 14.3 Å². The molecule has 0 atom stereocenters. The van der Waals surface area contributed by atoms with Crippen molar-refractivity contribution in [2.24, 2.45) is 5.14 Å². The van der Waals surface area contributed by atoms with E-state index in [1.165, 1.54) is 25.3 Å². The molecule has 3 N–H and O–H groups in total. The van der Waals surface area contributed by atoms with Crippen LogP contribution in [0.3, 0.4) is 0 Å².